The van der Waals surface area contributed by atoms with Gasteiger partial charge in [-0.1, -0.05) is 44.0 Å². The van der Waals surface area contributed by atoms with Crippen molar-refractivity contribution in [1.29, 1.82) is 0 Å². The number of hydrogen-bond donors (Lipinski definition) is 2. The van der Waals surface area contributed by atoms with Gasteiger partial charge in [0.2, 0.25) is 0 Å². The lowest BCUT2D eigenvalue weighted by atomic mass is 9.97. The van der Waals surface area contributed by atoms with Crippen LogP contribution in [0.3, 0.4) is 0 Å². The van der Waals surface area contributed by atoms with Crippen molar-refractivity contribution in [2.45, 2.75) is 46.1 Å². The van der Waals surface area contributed by atoms with Gasteiger partial charge < -0.3 is 10.6 Å². The first-order valence-corrected chi connectivity index (χ1v) is 10.4. The Kier molecular flexibility index (Phi) is 7.08. The molecule has 1 heterocycles. The van der Waals surface area contributed by atoms with E-state index in [1.54, 1.807) is 6.07 Å². The van der Waals surface area contributed by atoms with Crippen molar-refractivity contribution in [3.05, 3.63) is 63.4 Å². The van der Waals surface area contributed by atoms with Crippen LogP contribution in [0, 0.1) is 11.7 Å². The second-order valence-corrected chi connectivity index (χ2v) is 8.03. The normalized spacial score (nSPS) is 14.9. The van der Waals surface area contributed by atoms with Crippen LogP contribution in [0.15, 0.2) is 30.3 Å². The number of carbonyl (C=O) groups excluding carboxylic acids is 1. The maximum absolute atomic E-state index is 14.5. The van der Waals surface area contributed by atoms with Crippen molar-refractivity contribution in [1.82, 2.24) is 5.32 Å². The monoisotopic (exact) mass is 402 g/mol. The van der Waals surface area contributed by atoms with Crippen LogP contribution in [-0.4, -0.2) is 18.9 Å². The van der Waals surface area contributed by atoms with E-state index in [0.717, 1.165) is 43.6 Å². The zero-order chi connectivity index (χ0) is 20.1. The Hall–Kier alpha value is -1.91. The van der Waals surface area contributed by atoms with Crippen molar-refractivity contribution in [2.75, 3.05) is 18.4 Å². The summed E-state index contributed by atoms with van der Waals surface area (Å²) in [5, 5.41) is 7.48. The molecular formula is C23H28ClFN2O. The molecule has 2 aromatic rings. The van der Waals surface area contributed by atoms with E-state index in [4.69, 9.17) is 11.6 Å². The molecule has 1 aliphatic rings. The predicted molar refractivity (Wildman–Crippen MR) is 114 cm³/mol. The smallest absolute Gasteiger partial charge is 0.166 e. The van der Waals surface area contributed by atoms with Gasteiger partial charge in [-0.3, -0.25) is 4.79 Å². The lowest BCUT2D eigenvalue weighted by molar-refractivity contribution is 0.0959. The fraction of sp³-hybridized carbons (Fsp3) is 0.435. The molecule has 0 bridgehead atoms. The van der Waals surface area contributed by atoms with Gasteiger partial charge in [-0.2, -0.15) is 0 Å². The van der Waals surface area contributed by atoms with Gasteiger partial charge in [0.05, 0.1) is 16.3 Å². The van der Waals surface area contributed by atoms with Gasteiger partial charge >= 0.3 is 0 Å². The summed E-state index contributed by atoms with van der Waals surface area (Å²) in [6, 6.07) is 8.89. The first kappa shape index (κ1) is 20.8. The molecule has 0 aromatic heterocycles. The molecule has 0 aliphatic carbocycles. The van der Waals surface area contributed by atoms with Gasteiger partial charge in [0, 0.05) is 13.0 Å². The molecule has 3 nitrogen and oxygen atoms in total. The summed E-state index contributed by atoms with van der Waals surface area (Å²) in [6.07, 6.45) is 3.18. The Labute approximate surface area is 171 Å². The van der Waals surface area contributed by atoms with E-state index in [1.807, 2.05) is 26.0 Å². The third kappa shape index (κ3) is 4.92. The minimum absolute atomic E-state index is 0.129. The standard InChI is InChI=1S/C23H28ClFN2O/c1-3-15(2)12-22(28)19-6-4-16(13-21(19)25)14-27-23-18-9-11-26-10-8-17(18)5-7-20(23)24/h4-7,13,15,26-27H,3,8-12,14H2,1-2H3. The summed E-state index contributed by atoms with van der Waals surface area (Å²) >= 11 is 6.44. The summed E-state index contributed by atoms with van der Waals surface area (Å²) in [5.41, 5.74) is 4.44. The minimum Gasteiger partial charge on any atom is -0.380 e. The zero-order valence-electron chi connectivity index (χ0n) is 16.6. The van der Waals surface area contributed by atoms with Crippen LogP contribution in [0.2, 0.25) is 5.02 Å². The van der Waals surface area contributed by atoms with Gasteiger partial charge in [0.1, 0.15) is 5.82 Å². The van der Waals surface area contributed by atoms with Gasteiger partial charge in [-0.15, -0.1) is 0 Å². The Morgan fingerprint density at radius 1 is 1.25 bits per heavy atom. The Balaban J connectivity index is 1.74. The number of fused-ring (bicyclic) bond motifs is 1. The van der Waals surface area contributed by atoms with Crippen LogP contribution in [-0.2, 0) is 19.4 Å². The van der Waals surface area contributed by atoms with Crippen LogP contribution in [0.4, 0.5) is 10.1 Å². The molecule has 1 atom stereocenters. The highest BCUT2D eigenvalue weighted by Gasteiger charge is 2.17. The third-order valence-corrected chi connectivity index (χ3v) is 5.83. The van der Waals surface area contributed by atoms with Gasteiger partial charge in [-0.05, 0) is 66.7 Å². The van der Waals surface area contributed by atoms with Crippen molar-refractivity contribution in [3.8, 4) is 0 Å². The number of hydrogen-bond acceptors (Lipinski definition) is 3. The largest absolute Gasteiger partial charge is 0.380 e. The first-order valence-electron chi connectivity index (χ1n) is 10.1. The number of Topliss-reactive ketones (excluding diaryl/α,β-unsaturated/α-hetero) is 1. The number of anilines is 1. The Morgan fingerprint density at radius 3 is 2.79 bits per heavy atom. The topological polar surface area (TPSA) is 41.1 Å². The fourth-order valence-electron chi connectivity index (χ4n) is 3.59. The van der Waals surface area contributed by atoms with E-state index in [0.29, 0.717) is 18.0 Å². The second kappa shape index (κ2) is 9.53. The van der Waals surface area contributed by atoms with Gasteiger partial charge in [0.15, 0.2) is 5.78 Å². The number of benzene rings is 2. The second-order valence-electron chi connectivity index (χ2n) is 7.62. The molecule has 0 saturated carbocycles. The molecule has 5 heteroatoms. The highest BCUT2D eigenvalue weighted by molar-refractivity contribution is 6.33. The molecular weight excluding hydrogens is 375 g/mol. The zero-order valence-corrected chi connectivity index (χ0v) is 17.3. The predicted octanol–water partition coefficient (Wildman–Crippen LogP) is 5.40. The molecule has 0 fully saturated rings. The fourth-order valence-corrected chi connectivity index (χ4v) is 3.83. The van der Waals surface area contributed by atoms with E-state index in [9.17, 15) is 9.18 Å². The van der Waals surface area contributed by atoms with Crippen molar-refractivity contribution in [3.63, 3.8) is 0 Å². The minimum atomic E-state index is -0.449. The summed E-state index contributed by atoms with van der Waals surface area (Å²) in [5.74, 6) is -0.316. The highest BCUT2D eigenvalue weighted by atomic mass is 35.5. The molecule has 3 rings (SSSR count). The molecule has 150 valence electrons. The van der Waals surface area contributed by atoms with Crippen molar-refractivity contribution < 1.29 is 9.18 Å². The van der Waals surface area contributed by atoms with Crippen LogP contribution < -0.4 is 10.6 Å². The maximum atomic E-state index is 14.5. The lowest BCUT2D eigenvalue weighted by Gasteiger charge is -2.16. The molecule has 2 N–H and O–H groups in total. The molecule has 1 aliphatic heterocycles. The van der Waals surface area contributed by atoms with Gasteiger partial charge in [-0.25, -0.2) is 4.39 Å². The lowest BCUT2D eigenvalue weighted by Crippen LogP contribution is -2.16. The average Bonchev–Trinajstić information content (AvgIpc) is 2.92. The summed E-state index contributed by atoms with van der Waals surface area (Å²) < 4.78 is 14.5. The van der Waals surface area contributed by atoms with Crippen LogP contribution >= 0.6 is 11.6 Å². The van der Waals surface area contributed by atoms with Crippen LogP contribution in [0.5, 0.6) is 0 Å². The number of carbonyl (C=O) groups is 1. The molecule has 0 amide bonds. The van der Waals surface area contributed by atoms with E-state index in [2.05, 4.69) is 16.7 Å². The highest BCUT2D eigenvalue weighted by Crippen LogP contribution is 2.31. The third-order valence-electron chi connectivity index (χ3n) is 5.52. The number of halogens is 2. The first-order chi connectivity index (χ1) is 13.5. The molecule has 2 aromatic carbocycles. The Bertz CT molecular complexity index is 853. The van der Waals surface area contributed by atoms with Crippen LogP contribution in [0.1, 0.15) is 53.7 Å². The number of rotatable bonds is 7. The molecule has 28 heavy (non-hydrogen) atoms. The maximum Gasteiger partial charge on any atom is 0.166 e. The molecule has 0 spiro atoms. The van der Waals surface area contributed by atoms with E-state index in [-0.39, 0.29) is 17.3 Å². The summed E-state index contributed by atoms with van der Waals surface area (Å²) in [6.45, 7) is 6.39. The quantitative estimate of drug-likeness (QED) is 0.609. The molecule has 0 radical (unpaired) electrons. The summed E-state index contributed by atoms with van der Waals surface area (Å²) in [4.78, 5) is 12.3. The number of nitrogens with one attached hydrogen (secondary N) is 2. The van der Waals surface area contributed by atoms with E-state index < -0.39 is 5.82 Å². The van der Waals surface area contributed by atoms with Crippen molar-refractivity contribution in [2.24, 2.45) is 5.92 Å². The van der Waals surface area contributed by atoms with E-state index >= 15 is 0 Å². The molecule has 0 saturated heterocycles. The van der Waals surface area contributed by atoms with E-state index in [1.165, 1.54) is 17.2 Å². The molecule has 1 unspecified atom stereocenters. The average molecular weight is 403 g/mol. The summed E-state index contributed by atoms with van der Waals surface area (Å²) in [7, 11) is 0. The van der Waals surface area contributed by atoms with Gasteiger partial charge in [0.25, 0.3) is 0 Å². The van der Waals surface area contributed by atoms with Crippen LogP contribution in [0.25, 0.3) is 0 Å². The number of ketones is 1. The van der Waals surface area contributed by atoms with Crippen molar-refractivity contribution >= 4 is 23.1 Å². The SMILES string of the molecule is CCC(C)CC(=O)c1ccc(CNc2c(Cl)ccc3c2CCNCC3)cc1F. The Morgan fingerprint density at radius 2 is 2.04 bits per heavy atom.